The zero-order chi connectivity index (χ0) is 20.7. The summed E-state index contributed by atoms with van der Waals surface area (Å²) in [6.45, 7) is 7.66. The van der Waals surface area contributed by atoms with Crippen molar-refractivity contribution < 1.29 is 14.4 Å². The molecule has 160 valence electrons. The van der Waals surface area contributed by atoms with Crippen LogP contribution in [-0.2, 0) is 14.4 Å². The molecule has 6 heteroatoms. The van der Waals surface area contributed by atoms with Crippen molar-refractivity contribution in [2.24, 2.45) is 29.4 Å². The topological polar surface area (TPSA) is 92.5 Å². The van der Waals surface area contributed by atoms with Gasteiger partial charge in [-0.05, 0) is 50.4 Å². The van der Waals surface area contributed by atoms with Crippen LogP contribution in [0.2, 0.25) is 0 Å². The number of likely N-dealkylation sites (tertiary alicyclic amines) is 1. The maximum absolute atomic E-state index is 13.1. The van der Waals surface area contributed by atoms with E-state index in [9.17, 15) is 14.4 Å². The van der Waals surface area contributed by atoms with E-state index in [-0.39, 0.29) is 17.7 Å². The average Bonchev–Trinajstić information content (AvgIpc) is 3.46. The van der Waals surface area contributed by atoms with Crippen molar-refractivity contribution in [3.05, 3.63) is 0 Å². The van der Waals surface area contributed by atoms with Gasteiger partial charge in [0.05, 0.1) is 0 Å². The third kappa shape index (κ3) is 6.78. The molecule has 0 bridgehead atoms. The van der Waals surface area contributed by atoms with Crippen LogP contribution in [0, 0.1) is 23.7 Å². The van der Waals surface area contributed by atoms with Gasteiger partial charge in [0.15, 0.2) is 0 Å². The standard InChI is InChI=1S/C22H39N3O3/c1-4-7-17(20(23)26)18(14-15(2)3)21(27)24-19-8-5-6-12-25(22(19)28)13-11-16-9-10-16/h15-19H,4-14H2,1-3H3,(H2,23,26)(H,24,27)/t17?,18?,19-/m0/s1. The van der Waals surface area contributed by atoms with Crippen LogP contribution in [0.25, 0.3) is 0 Å². The summed E-state index contributed by atoms with van der Waals surface area (Å²) >= 11 is 0. The molecule has 1 saturated carbocycles. The Hall–Kier alpha value is -1.59. The number of nitrogens with zero attached hydrogens (tertiary/aromatic N) is 1. The summed E-state index contributed by atoms with van der Waals surface area (Å²) in [6, 6.07) is -0.473. The van der Waals surface area contributed by atoms with E-state index in [1.54, 1.807) is 0 Å². The van der Waals surface area contributed by atoms with Crippen molar-refractivity contribution in [3.8, 4) is 0 Å². The van der Waals surface area contributed by atoms with Gasteiger partial charge in [-0.3, -0.25) is 14.4 Å². The zero-order valence-corrected chi connectivity index (χ0v) is 17.9. The first-order valence-corrected chi connectivity index (χ1v) is 11.2. The number of hydrogen-bond acceptors (Lipinski definition) is 3. The second kappa shape index (κ2) is 10.8. The van der Waals surface area contributed by atoms with Gasteiger partial charge in [-0.1, -0.05) is 40.0 Å². The second-order valence-electron chi connectivity index (χ2n) is 9.15. The van der Waals surface area contributed by atoms with E-state index in [1.165, 1.54) is 12.8 Å². The summed E-state index contributed by atoms with van der Waals surface area (Å²) in [4.78, 5) is 40.1. The van der Waals surface area contributed by atoms with Crippen LogP contribution >= 0.6 is 0 Å². The van der Waals surface area contributed by atoms with E-state index in [2.05, 4.69) is 5.32 Å². The molecule has 0 radical (unpaired) electrons. The molecular formula is C22H39N3O3. The van der Waals surface area contributed by atoms with E-state index in [1.807, 2.05) is 25.7 Å². The van der Waals surface area contributed by atoms with E-state index in [0.29, 0.717) is 19.3 Å². The first-order chi connectivity index (χ1) is 13.3. The number of nitrogens with two attached hydrogens (primary N) is 1. The quantitative estimate of drug-likeness (QED) is 0.565. The highest BCUT2D eigenvalue weighted by Crippen LogP contribution is 2.32. The fraction of sp³-hybridized carbons (Fsp3) is 0.864. The van der Waals surface area contributed by atoms with Crippen LogP contribution in [-0.4, -0.2) is 41.8 Å². The Labute approximate surface area is 170 Å². The molecule has 2 aliphatic rings. The molecule has 2 rings (SSSR count). The minimum absolute atomic E-state index is 0.0425. The van der Waals surface area contributed by atoms with Gasteiger partial charge in [0, 0.05) is 24.9 Å². The van der Waals surface area contributed by atoms with Crippen molar-refractivity contribution in [1.82, 2.24) is 10.2 Å². The van der Waals surface area contributed by atoms with Crippen molar-refractivity contribution in [2.75, 3.05) is 13.1 Å². The Morgan fingerprint density at radius 2 is 1.89 bits per heavy atom. The number of hydrogen-bond donors (Lipinski definition) is 2. The number of primary amides is 1. The minimum Gasteiger partial charge on any atom is -0.369 e. The van der Waals surface area contributed by atoms with Crippen molar-refractivity contribution in [1.29, 1.82) is 0 Å². The zero-order valence-electron chi connectivity index (χ0n) is 17.9. The Kier molecular flexibility index (Phi) is 8.77. The molecule has 0 spiro atoms. The van der Waals surface area contributed by atoms with Crippen molar-refractivity contribution in [3.63, 3.8) is 0 Å². The first kappa shape index (κ1) is 22.7. The maximum Gasteiger partial charge on any atom is 0.245 e. The molecule has 1 aliphatic carbocycles. The van der Waals surface area contributed by atoms with Gasteiger partial charge < -0.3 is 16.0 Å². The Morgan fingerprint density at radius 3 is 2.46 bits per heavy atom. The van der Waals surface area contributed by atoms with Gasteiger partial charge in [0.25, 0.3) is 0 Å². The molecule has 3 atom stereocenters. The largest absolute Gasteiger partial charge is 0.369 e. The van der Waals surface area contributed by atoms with E-state index in [0.717, 1.165) is 44.7 Å². The van der Waals surface area contributed by atoms with Crippen LogP contribution in [0.5, 0.6) is 0 Å². The molecular weight excluding hydrogens is 354 g/mol. The van der Waals surface area contributed by atoms with Crippen LogP contribution in [0.1, 0.15) is 78.6 Å². The molecule has 0 aromatic heterocycles. The molecule has 0 aromatic rings. The number of carbonyl (C=O) groups excluding carboxylic acids is 3. The van der Waals surface area contributed by atoms with Crippen LogP contribution in [0.3, 0.4) is 0 Å². The van der Waals surface area contributed by atoms with Gasteiger partial charge in [0.1, 0.15) is 6.04 Å². The second-order valence-corrected chi connectivity index (χ2v) is 9.15. The smallest absolute Gasteiger partial charge is 0.245 e. The van der Waals surface area contributed by atoms with E-state index in [4.69, 9.17) is 5.73 Å². The predicted molar refractivity (Wildman–Crippen MR) is 110 cm³/mol. The molecule has 3 amide bonds. The molecule has 28 heavy (non-hydrogen) atoms. The summed E-state index contributed by atoms with van der Waals surface area (Å²) in [6.07, 6.45) is 8.23. The Bertz CT molecular complexity index is 545. The van der Waals surface area contributed by atoms with Crippen LogP contribution in [0.4, 0.5) is 0 Å². The molecule has 6 nitrogen and oxygen atoms in total. The predicted octanol–water partition coefficient (Wildman–Crippen LogP) is 2.85. The molecule has 2 fully saturated rings. The van der Waals surface area contributed by atoms with Gasteiger partial charge in [0.2, 0.25) is 17.7 Å². The first-order valence-electron chi connectivity index (χ1n) is 11.2. The Balaban J connectivity index is 2.05. The lowest BCUT2D eigenvalue weighted by Crippen LogP contribution is -2.51. The van der Waals surface area contributed by atoms with Crippen LogP contribution < -0.4 is 11.1 Å². The third-order valence-corrected chi connectivity index (χ3v) is 6.11. The number of rotatable bonds is 11. The highest BCUT2D eigenvalue weighted by atomic mass is 16.2. The lowest BCUT2D eigenvalue weighted by Gasteiger charge is -2.29. The van der Waals surface area contributed by atoms with E-state index >= 15 is 0 Å². The van der Waals surface area contributed by atoms with E-state index < -0.39 is 23.8 Å². The fourth-order valence-corrected chi connectivity index (χ4v) is 4.30. The summed E-state index contributed by atoms with van der Waals surface area (Å²) in [5.41, 5.74) is 5.62. The average molecular weight is 394 g/mol. The third-order valence-electron chi connectivity index (χ3n) is 6.11. The minimum atomic E-state index is -0.473. The van der Waals surface area contributed by atoms with Crippen LogP contribution in [0.15, 0.2) is 0 Å². The van der Waals surface area contributed by atoms with Gasteiger partial charge >= 0.3 is 0 Å². The molecule has 0 aromatic carbocycles. The lowest BCUT2D eigenvalue weighted by molar-refractivity contribution is -0.139. The number of nitrogens with one attached hydrogen (secondary N) is 1. The van der Waals surface area contributed by atoms with Gasteiger partial charge in [-0.25, -0.2) is 0 Å². The summed E-state index contributed by atoms with van der Waals surface area (Å²) in [7, 11) is 0. The number of carbonyl (C=O) groups is 3. The highest BCUT2D eigenvalue weighted by Gasteiger charge is 2.36. The molecule has 1 aliphatic heterocycles. The highest BCUT2D eigenvalue weighted by molar-refractivity contribution is 5.91. The molecule has 1 heterocycles. The molecule has 1 saturated heterocycles. The summed E-state index contributed by atoms with van der Waals surface area (Å²) in [5.74, 6) is -0.443. The fourth-order valence-electron chi connectivity index (χ4n) is 4.30. The molecule has 3 N–H and O–H groups in total. The maximum atomic E-state index is 13.1. The lowest BCUT2D eigenvalue weighted by atomic mass is 9.81. The Morgan fingerprint density at radius 1 is 1.18 bits per heavy atom. The SMILES string of the molecule is CCCC(C(N)=O)C(CC(C)C)C(=O)N[C@H]1CCCCN(CCC2CC2)C1=O. The number of amides is 3. The normalized spacial score (nSPS) is 22.6. The van der Waals surface area contributed by atoms with Crippen molar-refractivity contribution >= 4 is 17.7 Å². The summed E-state index contributed by atoms with van der Waals surface area (Å²) in [5, 5.41) is 3.00. The van der Waals surface area contributed by atoms with Gasteiger partial charge in [-0.2, -0.15) is 0 Å². The van der Waals surface area contributed by atoms with Crippen molar-refractivity contribution in [2.45, 2.75) is 84.6 Å². The monoisotopic (exact) mass is 393 g/mol. The van der Waals surface area contributed by atoms with Gasteiger partial charge in [-0.15, -0.1) is 0 Å². The summed E-state index contributed by atoms with van der Waals surface area (Å²) < 4.78 is 0. The molecule has 2 unspecified atom stereocenters.